The van der Waals surface area contributed by atoms with Crippen molar-refractivity contribution in [2.24, 2.45) is 0 Å². The fourth-order valence-corrected chi connectivity index (χ4v) is 1.94. The molecule has 4 nitrogen and oxygen atoms in total. The van der Waals surface area contributed by atoms with E-state index in [2.05, 4.69) is 15.6 Å². The Morgan fingerprint density at radius 3 is 3.06 bits per heavy atom. The number of hydrogen-bond donors (Lipinski definition) is 3. The summed E-state index contributed by atoms with van der Waals surface area (Å²) in [5.41, 5.74) is 3.83. The number of hydrogen-bond acceptors (Lipinski definition) is 4. The van der Waals surface area contributed by atoms with Crippen molar-refractivity contribution in [3.05, 3.63) is 35.7 Å². The van der Waals surface area contributed by atoms with Gasteiger partial charge >= 0.3 is 0 Å². The summed E-state index contributed by atoms with van der Waals surface area (Å²) >= 11 is 0. The molecule has 0 bridgehead atoms. The summed E-state index contributed by atoms with van der Waals surface area (Å²) in [5.74, 6) is 0. The van der Waals surface area contributed by atoms with Crippen LogP contribution >= 0.6 is 0 Å². The standard InChI is InChI=1S/C12H16N4/c1-14-12(9-3-2-5-15-7-9)10-4-6-16-8-11(10)13/h2-3,5,7,13-14,16H,4,6,8H2,1H3/b12-10-,13-11?. The van der Waals surface area contributed by atoms with Crippen LogP contribution in [0.15, 0.2) is 30.1 Å². The zero-order chi connectivity index (χ0) is 11.4. The summed E-state index contributed by atoms with van der Waals surface area (Å²) in [4.78, 5) is 4.11. The molecule has 2 heterocycles. The maximum absolute atomic E-state index is 7.95. The second-order valence-corrected chi connectivity index (χ2v) is 3.75. The summed E-state index contributed by atoms with van der Waals surface area (Å²) in [6, 6.07) is 3.93. The molecular formula is C12H16N4. The summed E-state index contributed by atoms with van der Waals surface area (Å²) in [5, 5.41) is 14.3. The molecule has 84 valence electrons. The Morgan fingerprint density at radius 2 is 2.44 bits per heavy atom. The average molecular weight is 216 g/mol. The fraction of sp³-hybridized carbons (Fsp3) is 0.333. The van der Waals surface area contributed by atoms with Gasteiger partial charge in [-0.15, -0.1) is 0 Å². The molecule has 1 aliphatic heterocycles. The monoisotopic (exact) mass is 216 g/mol. The molecule has 0 aliphatic carbocycles. The van der Waals surface area contributed by atoms with Gasteiger partial charge in [-0.1, -0.05) is 0 Å². The molecule has 1 saturated heterocycles. The van der Waals surface area contributed by atoms with Gasteiger partial charge in [0.25, 0.3) is 0 Å². The topological polar surface area (TPSA) is 60.8 Å². The van der Waals surface area contributed by atoms with Gasteiger partial charge in [-0.25, -0.2) is 0 Å². The molecule has 0 amide bonds. The lowest BCUT2D eigenvalue weighted by Crippen LogP contribution is -2.33. The van der Waals surface area contributed by atoms with E-state index in [1.165, 1.54) is 0 Å². The normalized spacial score (nSPS) is 19.4. The lowest BCUT2D eigenvalue weighted by atomic mass is 9.98. The zero-order valence-corrected chi connectivity index (χ0v) is 9.38. The van der Waals surface area contributed by atoms with E-state index in [1.807, 2.05) is 25.4 Å². The molecule has 0 spiro atoms. The number of nitrogens with zero attached hydrogens (tertiary/aromatic N) is 1. The number of aromatic nitrogens is 1. The third-order valence-electron chi connectivity index (χ3n) is 2.72. The van der Waals surface area contributed by atoms with Crippen LogP contribution in [-0.4, -0.2) is 30.8 Å². The van der Waals surface area contributed by atoms with Gasteiger partial charge in [-0.2, -0.15) is 0 Å². The van der Waals surface area contributed by atoms with Crippen LogP contribution in [0.3, 0.4) is 0 Å². The lowest BCUT2D eigenvalue weighted by molar-refractivity contribution is 0.728. The van der Waals surface area contributed by atoms with Crippen molar-refractivity contribution in [1.29, 1.82) is 5.41 Å². The molecule has 0 atom stereocenters. The highest BCUT2D eigenvalue weighted by Crippen LogP contribution is 2.19. The van der Waals surface area contributed by atoms with Crippen molar-refractivity contribution in [3.8, 4) is 0 Å². The maximum atomic E-state index is 7.95. The molecule has 2 rings (SSSR count). The molecular weight excluding hydrogens is 200 g/mol. The Kier molecular flexibility index (Phi) is 3.31. The van der Waals surface area contributed by atoms with Crippen LogP contribution in [0.25, 0.3) is 5.70 Å². The minimum atomic E-state index is 0.654. The van der Waals surface area contributed by atoms with Gasteiger partial charge in [0.15, 0.2) is 0 Å². The van der Waals surface area contributed by atoms with Crippen LogP contribution in [0.4, 0.5) is 0 Å². The Balaban J connectivity index is 2.41. The summed E-state index contributed by atoms with van der Waals surface area (Å²) in [7, 11) is 1.89. The van der Waals surface area contributed by atoms with Crippen molar-refractivity contribution in [3.63, 3.8) is 0 Å². The van der Waals surface area contributed by atoms with Gasteiger partial charge in [0.05, 0.1) is 5.71 Å². The number of pyridine rings is 1. The average Bonchev–Trinajstić information content (AvgIpc) is 2.34. The predicted octanol–water partition coefficient (Wildman–Crippen LogP) is 1.03. The van der Waals surface area contributed by atoms with Gasteiger partial charge in [0.2, 0.25) is 0 Å². The van der Waals surface area contributed by atoms with Gasteiger partial charge in [0, 0.05) is 37.2 Å². The van der Waals surface area contributed by atoms with Gasteiger partial charge in [-0.05, 0) is 30.7 Å². The van der Waals surface area contributed by atoms with Gasteiger partial charge in [-0.3, -0.25) is 4.98 Å². The zero-order valence-electron chi connectivity index (χ0n) is 9.38. The molecule has 3 N–H and O–H groups in total. The second kappa shape index (κ2) is 4.90. The highest BCUT2D eigenvalue weighted by molar-refractivity contribution is 6.05. The number of rotatable bonds is 2. The minimum Gasteiger partial charge on any atom is -0.387 e. The Bertz CT molecular complexity index is 408. The Labute approximate surface area is 95.3 Å². The van der Waals surface area contributed by atoms with Crippen molar-refractivity contribution < 1.29 is 0 Å². The summed E-state index contributed by atoms with van der Waals surface area (Å²) in [6.07, 6.45) is 4.48. The highest BCUT2D eigenvalue weighted by Gasteiger charge is 2.16. The first kappa shape index (κ1) is 10.8. The van der Waals surface area contributed by atoms with Crippen molar-refractivity contribution in [2.75, 3.05) is 20.1 Å². The van der Waals surface area contributed by atoms with Crippen molar-refractivity contribution >= 4 is 11.4 Å². The van der Waals surface area contributed by atoms with Crippen LogP contribution < -0.4 is 10.6 Å². The predicted molar refractivity (Wildman–Crippen MR) is 65.4 cm³/mol. The second-order valence-electron chi connectivity index (χ2n) is 3.75. The van der Waals surface area contributed by atoms with E-state index in [9.17, 15) is 0 Å². The van der Waals surface area contributed by atoms with E-state index < -0.39 is 0 Å². The van der Waals surface area contributed by atoms with E-state index in [4.69, 9.17) is 5.41 Å². The fourth-order valence-electron chi connectivity index (χ4n) is 1.94. The first-order chi connectivity index (χ1) is 7.83. The third-order valence-corrected chi connectivity index (χ3v) is 2.72. The molecule has 1 aromatic rings. The first-order valence-corrected chi connectivity index (χ1v) is 5.42. The largest absolute Gasteiger partial charge is 0.387 e. The number of nitrogens with one attached hydrogen (secondary N) is 3. The van der Waals surface area contributed by atoms with Crippen LogP contribution in [0.2, 0.25) is 0 Å². The molecule has 1 fully saturated rings. The molecule has 0 saturated carbocycles. The van der Waals surface area contributed by atoms with E-state index >= 15 is 0 Å². The molecule has 16 heavy (non-hydrogen) atoms. The molecule has 4 heteroatoms. The van der Waals surface area contributed by atoms with E-state index in [0.29, 0.717) is 12.3 Å². The van der Waals surface area contributed by atoms with Crippen LogP contribution in [0.1, 0.15) is 12.0 Å². The van der Waals surface area contributed by atoms with Crippen LogP contribution in [-0.2, 0) is 0 Å². The molecule has 1 aliphatic rings. The van der Waals surface area contributed by atoms with Crippen LogP contribution in [0, 0.1) is 5.41 Å². The van der Waals surface area contributed by atoms with Crippen LogP contribution in [0.5, 0.6) is 0 Å². The molecule has 1 aromatic heterocycles. The first-order valence-electron chi connectivity index (χ1n) is 5.42. The SMILES string of the molecule is CN/C(=C1/CCNCC1=N)c1cccnc1. The van der Waals surface area contributed by atoms with E-state index in [1.54, 1.807) is 6.20 Å². The summed E-state index contributed by atoms with van der Waals surface area (Å²) < 4.78 is 0. The lowest BCUT2D eigenvalue weighted by Gasteiger charge is -2.21. The third kappa shape index (κ3) is 2.12. The Morgan fingerprint density at radius 1 is 1.56 bits per heavy atom. The molecule has 0 unspecified atom stereocenters. The quantitative estimate of drug-likeness (QED) is 0.692. The van der Waals surface area contributed by atoms with Gasteiger partial charge < -0.3 is 16.0 Å². The molecule has 0 aromatic carbocycles. The molecule has 0 radical (unpaired) electrons. The Hall–Kier alpha value is -1.68. The smallest absolute Gasteiger partial charge is 0.0505 e. The number of piperidine rings is 1. The van der Waals surface area contributed by atoms with E-state index in [0.717, 1.165) is 29.8 Å². The summed E-state index contributed by atoms with van der Waals surface area (Å²) in [6.45, 7) is 1.59. The van der Waals surface area contributed by atoms with Crippen molar-refractivity contribution in [1.82, 2.24) is 15.6 Å². The minimum absolute atomic E-state index is 0.654. The highest BCUT2D eigenvalue weighted by atomic mass is 14.9. The van der Waals surface area contributed by atoms with E-state index in [-0.39, 0.29) is 0 Å². The van der Waals surface area contributed by atoms with Crippen molar-refractivity contribution in [2.45, 2.75) is 6.42 Å². The van der Waals surface area contributed by atoms with Gasteiger partial charge in [0.1, 0.15) is 0 Å². The maximum Gasteiger partial charge on any atom is 0.0505 e.